The lowest BCUT2D eigenvalue weighted by molar-refractivity contribution is -0.130. The number of carbonyl (C=O) groups excluding carboxylic acids is 2. The average Bonchev–Trinajstić information content (AvgIpc) is 3.23. The van der Waals surface area contributed by atoms with E-state index in [4.69, 9.17) is 4.74 Å². The molecule has 3 atom stereocenters. The molecule has 0 unspecified atom stereocenters. The van der Waals surface area contributed by atoms with Gasteiger partial charge in [0, 0.05) is 18.0 Å². The molecule has 2 amide bonds. The molecular formula is C18H22N4O4. The summed E-state index contributed by atoms with van der Waals surface area (Å²) in [7, 11) is 1.48. The zero-order chi connectivity index (χ0) is 18.7. The van der Waals surface area contributed by atoms with Crippen LogP contribution < -0.4 is 15.4 Å². The second kappa shape index (κ2) is 7.57. The molecular weight excluding hydrogens is 336 g/mol. The Hall–Kier alpha value is -2.87. The van der Waals surface area contributed by atoms with Crippen LogP contribution in [-0.2, 0) is 16.1 Å². The Bertz CT molecular complexity index is 804. The maximum absolute atomic E-state index is 12.3. The van der Waals surface area contributed by atoms with Crippen LogP contribution >= 0.6 is 0 Å². The van der Waals surface area contributed by atoms with E-state index < -0.39 is 12.0 Å². The molecule has 1 aromatic carbocycles. The summed E-state index contributed by atoms with van der Waals surface area (Å²) in [4.78, 5) is 28.4. The Morgan fingerprint density at radius 1 is 1.35 bits per heavy atom. The van der Waals surface area contributed by atoms with Crippen LogP contribution in [0.2, 0.25) is 0 Å². The predicted octanol–water partition coefficient (Wildman–Crippen LogP) is 0.307. The van der Waals surface area contributed by atoms with E-state index in [2.05, 4.69) is 15.6 Å². The first-order chi connectivity index (χ1) is 12.5. The van der Waals surface area contributed by atoms with Crippen molar-refractivity contribution in [3.05, 3.63) is 48.0 Å². The summed E-state index contributed by atoms with van der Waals surface area (Å²) in [5.41, 5.74) is 0.407. The predicted molar refractivity (Wildman–Crippen MR) is 93.4 cm³/mol. The number of hydrogen-bond acceptors (Lipinski definition) is 5. The summed E-state index contributed by atoms with van der Waals surface area (Å²) < 4.78 is 6.91. The first-order valence-corrected chi connectivity index (χ1v) is 8.38. The smallest absolute Gasteiger partial charge is 0.253 e. The van der Waals surface area contributed by atoms with Crippen molar-refractivity contribution in [2.24, 2.45) is 0 Å². The van der Waals surface area contributed by atoms with Gasteiger partial charge < -0.3 is 25.0 Å². The minimum absolute atomic E-state index is 0.125. The zero-order valence-corrected chi connectivity index (χ0v) is 14.7. The fraction of sp³-hybridized carbons (Fsp3) is 0.389. The fourth-order valence-corrected chi connectivity index (χ4v) is 2.79. The summed E-state index contributed by atoms with van der Waals surface area (Å²) >= 11 is 0. The number of aliphatic hydroxyl groups excluding tert-OH is 1. The molecule has 0 saturated heterocycles. The molecule has 3 N–H and O–H groups in total. The van der Waals surface area contributed by atoms with Crippen LogP contribution in [0.4, 0.5) is 0 Å². The van der Waals surface area contributed by atoms with Crippen molar-refractivity contribution in [3.8, 4) is 5.75 Å². The molecule has 1 saturated carbocycles. The van der Waals surface area contributed by atoms with Crippen molar-refractivity contribution in [1.29, 1.82) is 0 Å². The minimum Gasteiger partial charge on any atom is -0.496 e. The van der Waals surface area contributed by atoms with Gasteiger partial charge in [-0.1, -0.05) is 18.2 Å². The quantitative estimate of drug-likeness (QED) is 0.660. The average molecular weight is 358 g/mol. The van der Waals surface area contributed by atoms with Crippen LogP contribution in [0.25, 0.3) is 0 Å². The third kappa shape index (κ3) is 4.02. The molecule has 1 heterocycles. The van der Waals surface area contributed by atoms with Crippen molar-refractivity contribution in [1.82, 2.24) is 20.2 Å². The maximum Gasteiger partial charge on any atom is 0.253 e. The number of imidazole rings is 1. The number of amides is 2. The molecule has 1 fully saturated rings. The first-order valence-electron chi connectivity index (χ1n) is 8.38. The number of aryl methyl sites for hydroxylation is 1. The van der Waals surface area contributed by atoms with Gasteiger partial charge in [0.15, 0.2) is 6.10 Å². The monoisotopic (exact) mass is 358 g/mol. The van der Waals surface area contributed by atoms with E-state index in [1.807, 2.05) is 6.92 Å². The van der Waals surface area contributed by atoms with E-state index in [0.29, 0.717) is 17.7 Å². The molecule has 3 rings (SSSR count). The van der Waals surface area contributed by atoms with Gasteiger partial charge >= 0.3 is 0 Å². The molecule has 26 heavy (non-hydrogen) atoms. The highest BCUT2D eigenvalue weighted by Gasteiger charge is 2.40. The van der Waals surface area contributed by atoms with E-state index in [1.165, 1.54) is 7.11 Å². The summed E-state index contributed by atoms with van der Waals surface area (Å²) in [6.07, 6.45) is 2.70. The summed E-state index contributed by atoms with van der Waals surface area (Å²) in [5.74, 6) is 0.562. The molecule has 138 valence electrons. The number of hydrogen-bond donors (Lipinski definition) is 3. The van der Waals surface area contributed by atoms with Gasteiger partial charge in [0.25, 0.3) is 5.91 Å². The van der Waals surface area contributed by atoms with Gasteiger partial charge in [-0.05, 0) is 19.4 Å². The molecule has 0 bridgehead atoms. The highest BCUT2D eigenvalue weighted by atomic mass is 16.5. The van der Waals surface area contributed by atoms with Crippen LogP contribution in [0.1, 0.15) is 23.9 Å². The zero-order valence-electron chi connectivity index (χ0n) is 14.7. The van der Waals surface area contributed by atoms with Crippen LogP contribution in [-0.4, -0.2) is 45.7 Å². The Morgan fingerprint density at radius 3 is 2.77 bits per heavy atom. The SMILES string of the molecule is COc1ccccc1[C@@H](O)C(=O)N[C@@H]1C[C@H]1NC(=O)Cn1ccnc1C. The number of nitrogens with one attached hydrogen (secondary N) is 2. The number of carbonyl (C=O) groups is 2. The standard InChI is InChI=1S/C18H22N4O4/c1-11-19-7-8-22(11)10-16(23)20-13-9-14(13)21-18(25)17(24)12-5-3-4-6-15(12)26-2/h3-8,13-14,17,24H,9-10H2,1-2H3,(H,20,23)(H,21,25)/t13-,14-,17-/m1/s1. The second-order valence-corrected chi connectivity index (χ2v) is 6.27. The third-order valence-corrected chi connectivity index (χ3v) is 4.38. The molecule has 1 aromatic heterocycles. The number of para-hydroxylation sites is 1. The maximum atomic E-state index is 12.3. The lowest BCUT2D eigenvalue weighted by Crippen LogP contribution is -2.38. The fourth-order valence-electron chi connectivity index (χ4n) is 2.79. The van der Waals surface area contributed by atoms with Gasteiger partial charge in [-0.2, -0.15) is 0 Å². The number of aliphatic hydroxyl groups is 1. The molecule has 0 radical (unpaired) electrons. The molecule has 1 aliphatic rings. The Morgan fingerprint density at radius 2 is 2.08 bits per heavy atom. The van der Waals surface area contributed by atoms with Crippen molar-refractivity contribution in [2.45, 2.75) is 38.1 Å². The molecule has 8 nitrogen and oxygen atoms in total. The van der Waals surface area contributed by atoms with Gasteiger partial charge in [-0.3, -0.25) is 9.59 Å². The minimum atomic E-state index is -1.32. The molecule has 1 aliphatic carbocycles. The largest absolute Gasteiger partial charge is 0.496 e. The topological polar surface area (TPSA) is 105 Å². The highest BCUT2D eigenvalue weighted by molar-refractivity contribution is 5.83. The van der Waals surface area contributed by atoms with E-state index in [0.717, 1.165) is 5.82 Å². The van der Waals surface area contributed by atoms with Crippen LogP contribution in [0.15, 0.2) is 36.7 Å². The van der Waals surface area contributed by atoms with Crippen molar-refractivity contribution >= 4 is 11.8 Å². The lowest BCUT2D eigenvalue weighted by Gasteiger charge is -2.15. The van der Waals surface area contributed by atoms with E-state index >= 15 is 0 Å². The number of nitrogens with zero attached hydrogens (tertiary/aromatic N) is 2. The lowest BCUT2D eigenvalue weighted by atomic mass is 10.1. The molecule has 8 heteroatoms. The van der Waals surface area contributed by atoms with E-state index in [1.54, 1.807) is 41.2 Å². The van der Waals surface area contributed by atoms with Crippen LogP contribution in [0, 0.1) is 6.92 Å². The Labute approximate surface area is 151 Å². The molecule has 2 aromatic rings. The van der Waals surface area contributed by atoms with Crippen LogP contribution in [0.5, 0.6) is 5.75 Å². The third-order valence-electron chi connectivity index (χ3n) is 4.38. The molecule has 0 aliphatic heterocycles. The number of aromatic nitrogens is 2. The van der Waals surface area contributed by atoms with Crippen LogP contribution in [0.3, 0.4) is 0 Å². The Balaban J connectivity index is 1.49. The van der Waals surface area contributed by atoms with Gasteiger partial charge in [-0.15, -0.1) is 0 Å². The van der Waals surface area contributed by atoms with E-state index in [-0.39, 0.29) is 24.5 Å². The number of methoxy groups -OCH3 is 1. The number of ether oxygens (including phenoxy) is 1. The first kappa shape index (κ1) is 17.9. The highest BCUT2D eigenvalue weighted by Crippen LogP contribution is 2.27. The second-order valence-electron chi connectivity index (χ2n) is 6.27. The Kier molecular flexibility index (Phi) is 5.22. The normalized spacial score (nSPS) is 19.5. The summed E-state index contributed by atoms with van der Waals surface area (Å²) in [6, 6.07) is 6.51. The van der Waals surface area contributed by atoms with Crippen molar-refractivity contribution in [2.75, 3.05) is 7.11 Å². The van der Waals surface area contributed by atoms with Gasteiger partial charge in [-0.25, -0.2) is 4.98 Å². The number of rotatable bonds is 7. The van der Waals surface area contributed by atoms with Crippen molar-refractivity contribution < 1.29 is 19.4 Å². The van der Waals surface area contributed by atoms with Gasteiger partial charge in [0.05, 0.1) is 19.2 Å². The van der Waals surface area contributed by atoms with Gasteiger partial charge in [0.2, 0.25) is 5.91 Å². The summed E-state index contributed by atoms with van der Waals surface area (Å²) in [6.45, 7) is 2.01. The number of benzene rings is 1. The summed E-state index contributed by atoms with van der Waals surface area (Å²) in [5, 5.41) is 15.9. The van der Waals surface area contributed by atoms with E-state index in [9.17, 15) is 14.7 Å². The van der Waals surface area contributed by atoms with Crippen molar-refractivity contribution in [3.63, 3.8) is 0 Å². The molecule has 0 spiro atoms. The van der Waals surface area contributed by atoms with Gasteiger partial charge in [0.1, 0.15) is 18.1 Å².